The van der Waals surface area contributed by atoms with Crippen LogP contribution in [0.15, 0.2) is 34.4 Å². The number of nitrogens with zero attached hydrogens (tertiary/aromatic N) is 3. The van der Waals surface area contributed by atoms with Crippen LogP contribution in [0.5, 0.6) is 0 Å². The molecule has 0 radical (unpaired) electrons. The van der Waals surface area contributed by atoms with Gasteiger partial charge in [0.2, 0.25) is 0 Å². The van der Waals surface area contributed by atoms with E-state index in [1.807, 2.05) is 5.38 Å². The number of hydrogen-bond acceptors (Lipinski definition) is 5. The van der Waals surface area contributed by atoms with Crippen molar-refractivity contribution in [3.63, 3.8) is 0 Å². The van der Waals surface area contributed by atoms with E-state index in [0.717, 1.165) is 5.01 Å². The maximum atomic E-state index is 13.8. The van der Waals surface area contributed by atoms with Gasteiger partial charge < -0.3 is 14.6 Å². The molecule has 2 atom stereocenters. The lowest BCUT2D eigenvalue weighted by molar-refractivity contribution is 0.174. The van der Waals surface area contributed by atoms with Gasteiger partial charge in [-0.1, -0.05) is 0 Å². The second kappa shape index (κ2) is 7.76. The average Bonchev–Trinajstić information content (AvgIpc) is 3.29. The Hall–Kier alpha value is -1.93. The number of carbonyl (C=O) groups is 1. The Labute approximate surface area is 144 Å². The summed E-state index contributed by atoms with van der Waals surface area (Å²) in [6.45, 7) is 1.85. The van der Waals surface area contributed by atoms with Gasteiger partial charge in [-0.25, -0.2) is 14.2 Å². The van der Waals surface area contributed by atoms with Gasteiger partial charge in [0.25, 0.3) is 0 Å². The van der Waals surface area contributed by atoms with Crippen molar-refractivity contribution in [2.24, 2.45) is 0 Å². The first-order chi connectivity index (χ1) is 11.6. The summed E-state index contributed by atoms with van der Waals surface area (Å²) in [6.07, 6.45) is 2.92. The number of alkyl halides is 1. The van der Waals surface area contributed by atoms with E-state index in [2.05, 4.69) is 15.2 Å². The summed E-state index contributed by atoms with van der Waals surface area (Å²) in [5.41, 5.74) is 0. The molecule has 6 nitrogen and oxygen atoms in total. The molecule has 3 heterocycles. The van der Waals surface area contributed by atoms with Crippen molar-refractivity contribution < 1.29 is 13.6 Å². The summed E-state index contributed by atoms with van der Waals surface area (Å²) in [6, 6.07) is 3.40. The normalized spacial score (nSPS) is 21.1. The van der Waals surface area contributed by atoms with Crippen molar-refractivity contribution in [1.82, 2.24) is 20.1 Å². The molecule has 0 aromatic carbocycles. The summed E-state index contributed by atoms with van der Waals surface area (Å²) in [4.78, 5) is 20.1. The van der Waals surface area contributed by atoms with E-state index < -0.39 is 6.17 Å². The fourth-order valence-corrected chi connectivity index (χ4v) is 3.56. The van der Waals surface area contributed by atoms with Crippen LogP contribution in [0.4, 0.5) is 9.18 Å². The van der Waals surface area contributed by atoms with E-state index in [1.54, 1.807) is 47.9 Å². The molecule has 2 aromatic rings. The molecule has 1 aliphatic rings. The topological polar surface area (TPSA) is 61.6 Å². The molecular formula is C16H21FN4O2S. The molecule has 2 aromatic heterocycles. The van der Waals surface area contributed by atoms with Gasteiger partial charge in [-0.05, 0) is 18.6 Å². The summed E-state index contributed by atoms with van der Waals surface area (Å²) >= 11 is 1.57. The highest BCUT2D eigenvalue weighted by molar-refractivity contribution is 7.09. The van der Waals surface area contributed by atoms with Crippen LogP contribution >= 0.6 is 11.3 Å². The van der Waals surface area contributed by atoms with Crippen LogP contribution in [-0.2, 0) is 13.1 Å². The molecule has 0 saturated carbocycles. The lowest BCUT2D eigenvalue weighted by atomic mass is 10.2. The molecule has 1 N–H and O–H groups in total. The molecule has 1 saturated heterocycles. The first-order valence-corrected chi connectivity index (χ1v) is 8.77. The summed E-state index contributed by atoms with van der Waals surface area (Å²) in [5, 5.41) is 5.69. The standard InChI is InChI=1S/C16H21FN4O2S/c1-20(16(22)19-8-14-3-2-5-23-14)10-13-7-12(17)9-21(13)11-15-18-4-6-24-15/h2-6,12-13H,7-11H2,1H3,(H,19,22)/t12-,13-/m0/s1. The first kappa shape index (κ1) is 16.9. The highest BCUT2D eigenvalue weighted by atomic mass is 32.1. The van der Waals surface area contributed by atoms with Crippen molar-refractivity contribution >= 4 is 17.4 Å². The second-order valence-electron chi connectivity index (χ2n) is 5.96. The third-order valence-electron chi connectivity index (χ3n) is 4.12. The van der Waals surface area contributed by atoms with E-state index in [9.17, 15) is 9.18 Å². The van der Waals surface area contributed by atoms with Gasteiger partial charge in [-0.2, -0.15) is 0 Å². The molecule has 0 aliphatic carbocycles. The first-order valence-electron chi connectivity index (χ1n) is 7.89. The van der Waals surface area contributed by atoms with Crippen LogP contribution in [0.25, 0.3) is 0 Å². The number of thiazole rings is 1. The van der Waals surface area contributed by atoms with Crippen LogP contribution in [0.1, 0.15) is 17.2 Å². The zero-order valence-electron chi connectivity index (χ0n) is 13.5. The minimum atomic E-state index is -0.852. The zero-order chi connectivity index (χ0) is 16.9. The molecular weight excluding hydrogens is 331 g/mol. The highest BCUT2D eigenvalue weighted by Gasteiger charge is 2.33. The molecule has 0 bridgehead atoms. The fourth-order valence-electron chi connectivity index (χ4n) is 2.92. The monoisotopic (exact) mass is 352 g/mol. The average molecular weight is 352 g/mol. The zero-order valence-corrected chi connectivity index (χ0v) is 14.3. The number of likely N-dealkylation sites (tertiary alicyclic amines) is 1. The van der Waals surface area contributed by atoms with Crippen LogP contribution in [-0.4, -0.2) is 53.2 Å². The van der Waals surface area contributed by atoms with Crippen molar-refractivity contribution in [3.05, 3.63) is 40.7 Å². The maximum absolute atomic E-state index is 13.8. The Morgan fingerprint density at radius 2 is 2.50 bits per heavy atom. The lowest BCUT2D eigenvalue weighted by Crippen LogP contribution is -2.44. The van der Waals surface area contributed by atoms with Crippen molar-refractivity contribution in [1.29, 1.82) is 0 Å². The Morgan fingerprint density at radius 3 is 3.21 bits per heavy atom. The third-order valence-corrected chi connectivity index (χ3v) is 4.89. The Kier molecular flexibility index (Phi) is 5.47. The van der Waals surface area contributed by atoms with E-state index in [1.165, 1.54) is 0 Å². The molecule has 8 heteroatoms. The van der Waals surface area contributed by atoms with Crippen LogP contribution < -0.4 is 5.32 Å². The molecule has 1 fully saturated rings. The highest BCUT2D eigenvalue weighted by Crippen LogP contribution is 2.24. The van der Waals surface area contributed by atoms with Gasteiger partial charge in [-0.3, -0.25) is 4.90 Å². The van der Waals surface area contributed by atoms with Gasteiger partial charge in [0.1, 0.15) is 16.9 Å². The number of rotatable bonds is 6. The SMILES string of the molecule is CN(C[C@@H]1C[C@H](F)CN1Cc1nccs1)C(=O)NCc1ccco1. The van der Waals surface area contributed by atoms with E-state index in [4.69, 9.17) is 4.42 Å². The number of furan rings is 1. The largest absolute Gasteiger partial charge is 0.467 e. The fraction of sp³-hybridized carbons (Fsp3) is 0.500. The molecule has 0 spiro atoms. The number of likely N-dealkylation sites (N-methyl/N-ethyl adjacent to an activating group) is 1. The lowest BCUT2D eigenvalue weighted by Gasteiger charge is -2.27. The third kappa shape index (κ3) is 4.33. The van der Waals surface area contributed by atoms with Crippen LogP contribution in [0.2, 0.25) is 0 Å². The number of amides is 2. The Balaban J connectivity index is 1.51. The van der Waals surface area contributed by atoms with Gasteiger partial charge in [0, 0.05) is 37.8 Å². The Bertz CT molecular complexity index is 635. The molecule has 24 heavy (non-hydrogen) atoms. The number of nitrogens with one attached hydrogen (secondary N) is 1. The predicted octanol–water partition coefficient (Wildman–Crippen LogP) is 2.49. The van der Waals surface area contributed by atoms with E-state index >= 15 is 0 Å². The molecule has 130 valence electrons. The van der Waals surface area contributed by atoms with Crippen molar-refractivity contribution in [3.8, 4) is 0 Å². The number of carbonyl (C=O) groups excluding carboxylic acids is 1. The second-order valence-corrected chi connectivity index (χ2v) is 6.94. The Morgan fingerprint density at radius 1 is 1.62 bits per heavy atom. The van der Waals surface area contributed by atoms with Crippen molar-refractivity contribution in [2.45, 2.75) is 31.7 Å². The smallest absolute Gasteiger partial charge is 0.317 e. The van der Waals surface area contributed by atoms with Gasteiger partial charge >= 0.3 is 6.03 Å². The quantitative estimate of drug-likeness (QED) is 0.868. The van der Waals surface area contributed by atoms with Crippen LogP contribution in [0.3, 0.4) is 0 Å². The molecule has 0 unspecified atom stereocenters. The number of aromatic nitrogens is 1. The molecule has 2 amide bonds. The minimum absolute atomic E-state index is 0.00302. The maximum Gasteiger partial charge on any atom is 0.317 e. The number of urea groups is 1. The summed E-state index contributed by atoms with van der Waals surface area (Å²) in [7, 11) is 1.73. The predicted molar refractivity (Wildman–Crippen MR) is 89.4 cm³/mol. The van der Waals surface area contributed by atoms with Gasteiger partial charge in [0.05, 0.1) is 19.4 Å². The minimum Gasteiger partial charge on any atom is -0.467 e. The van der Waals surface area contributed by atoms with Crippen molar-refractivity contribution in [2.75, 3.05) is 20.1 Å². The molecule has 1 aliphatic heterocycles. The number of halogens is 1. The molecule has 3 rings (SSSR count). The van der Waals surface area contributed by atoms with Gasteiger partial charge in [0.15, 0.2) is 0 Å². The summed E-state index contributed by atoms with van der Waals surface area (Å²) < 4.78 is 19.0. The van der Waals surface area contributed by atoms with Crippen LogP contribution in [0, 0.1) is 0 Å². The van der Waals surface area contributed by atoms with E-state index in [0.29, 0.717) is 38.4 Å². The van der Waals surface area contributed by atoms with Gasteiger partial charge in [-0.15, -0.1) is 11.3 Å². The van der Waals surface area contributed by atoms with E-state index in [-0.39, 0.29) is 12.1 Å². The number of hydrogen-bond donors (Lipinski definition) is 1. The summed E-state index contributed by atoms with van der Waals surface area (Å²) in [5.74, 6) is 0.701.